The Balaban J connectivity index is 2.74. The molecule has 0 fully saturated rings. The molecule has 0 heterocycles. The molecule has 0 spiro atoms. The number of hydrogen-bond acceptors (Lipinski definition) is 4. The van der Waals surface area contributed by atoms with E-state index in [0.717, 1.165) is 6.54 Å². The number of ether oxygens (including phenoxy) is 1. The number of hydrogen-bond donors (Lipinski definition) is 2. The van der Waals surface area contributed by atoms with Crippen LogP contribution in [0.2, 0.25) is 0 Å². The van der Waals surface area contributed by atoms with Crippen LogP contribution >= 0.6 is 0 Å². The van der Waals surface area contributed by atoms with Gasteiger partial charge in [0.2, 0.25) is 10.0 Å². The van der Waals surface area contributed by atoms with Gasteiger partial charge in [-0.25, -0.2) is 17.5 Å². The van der Waals surface area contributed by atoms with Gasteiger partial charge in [0.1, 0.15) is 10.7 Å². The van der Waals surface area contributed by atoms with Crippen LogP contribution in [0, 0.1) is 5.82 Å². The lowest BCUT2D eigenvalue weighted by Gasteiger charge is -2.09. The van der Waals surface area contributed by atoms with Gasteiger partial charge in [-0.3, -0.25) is 0 Å². The highest BCUT2D eigenvalue weighted by molar-refractivity contribution is 7.89. The molecular weight excluding hydrogens is 283 g/mol. The Morgan fingerprint density at radius 2 is 2.05 bits per heavy atom. The van der Waals surface area contributed by atoms with E-state index in [1.807, 2.05) is 13.8 Å². The Morgan fingerprint density at radius 3 is 2.65 bits per heavy atom. The zero-order valence-electron chi connectivity index (χ0n) is 11.8. The molecule has 0 aromatic heterocycles. The summed E-state index contributed by atoms with van der Waals surface area (Å²) in [6, 6.07) is 4.12. The Labute approximate surface area is 119 Å². The molecule has 20 heavy (non-hydrogen) atoms. The Bertz CT molecular complexity index is 520. The molecule has 1 aromatic carbocycles. The van der Waals surface area contributed by atoms with Crippen LogP contribution in [0.15, 0.2) is 23.1 Å². The van der Waals surface area contributed by atoms with E-state index in [1.54, 1.807) is 6.07 Å². The van der Waals surface area contributed by atoms with Gasteiger partial charge in [-0.1, -0.05) is 13.0 Å². The van der Waals surface area contributed by atoms with Crippen molar-refractivity contribution in [3.63, 3.8) is 0 Å². The van der Waals surface area contributed by atoms with Crippen molar-refractivity contribution < 1.29 is 17.5 Å². The van der Waals surface area contributed by atoms with Crippen LogP contribution in [0.4, 0.5) is 4.39 Å². The molecule has 0 atom stereocenters. The number of halogens is 1. The Hall–Kier alpha value is -1.02. The zero-order valence-corrected chi connectivity index (χ0v) is 12.6. The van der Waals surface area contributed by atoms with E-state index in [2.05, 4.69) is 10.0 Å². The molecule has 0 radical (unpaired) electrons. The van der Waals surface area contributed by atoms with Gasteiger partial charge < -0.3 is 10.1 Å². The Morgan fingerprint density at radius 1 is 1.30 bits per heavy atom. The van der Waals surface area contributed by atoms with E-state index in [4.69, 9.17) is 4.74 Å². The van der Waals surface area contributed by atoms with E-state index < -0.39 is 15.8 Å². The molecule has 7 heteroatoms. The highest BCUT2D eigenvalue weighted by Gasteiger charge is 2.18. The van der Waals surface area contributed by atoms with Crippen molar-refractivity contribution in [2.45, 2.75) is 25.3 Å². The first-order valence-corrected chi connectivity index (χ1v) is 8.06. The second-order valence-electron chi connectivity index (χ2n) is 4.14. The van der Waals surface area contributed by atoms with Gasteiger partial charge in [0.15, 0.2) is 0 Å². The van der Waals surface area contributed by atoms with E-state index in [0.29, 0.717) is 18.7 Å². The summed E-state index contributed by atoms with van der Waals surface area (Å²) in [5.41, 5.74) is 0.706. The van der Waals surface area contributed by atoms with Crippen LogP contribution in [-0.4, -0.2) is 34.7 Å². The van der Waals surface area contributed by atoms with Crippen molar-refractivity contribution in [1.29, 1.82) is 0 Å². The molecule has 1 aromatic rings. The normalized spacial score (nSPS) is 11.8. The molecule has 114 valence electrons. The summed E-state index contributed by atoms with van der Waals surface area (Å²) >= 11 is 0. The van der Waals surface area contributed by atoms with Crippen LogP contribution in [-0.2, 0) is 21.3 Å². The molecule has 0 amide bonds. The maximum absolute atomic E-state index is 13.9. The minimum absolute atomic E-state index is 0.120. The third-order valence-electron chi connectivity index (χ3n) is 2.61. The third kappa shape index (κ3) is 5.16. The fourth-order valence-electron chi connectivity index (χ4n) is 1.61. The summed E-state index contributed by atoms with van der Waals surface area (Å²) < 4.78 is 45.0. The van der Waals surface area contributed by atoms with E-state index >= 15 is 0 Å². The molecule has 0 unspecified atom stereocenters. The molecule has 1 rings (SSSR count). The van der Waals surface area contributed by atoms with Crippen molar-refractivity contribution in [1.82, 2.24) is 10.0 Å². The van der Waals surface area contributed by atoms with Gasteiger partial charge >= 0.3 is 0 Å². The van der Waals surface area contributed by atoms with Gasteiger partial charge in [0.05, 0.1) is 6.61 Å². The first kappa shape index (κ1) is 17.0. The van der Waals surface area contributed by atoms with Crippen molar-refractivity contribution in [3.05, 3.63) is 29.6 Å². The van der Waals surface area contributed by atoms with Crippen LogP contribution in [0.1, 0.15) is 19.4 Å². The van der Waals surface area contributed by atoms with Crippen molar-refractivity contribution in [2.24, 2.45) is 0 Å². The van der Waals surface area contributed by atoms with Crippen LogP contribution in [0.25, 0.3) is 0 Å². The van der Waals surface area contributed by atoms with E-state index in [9.17, 15) is 12.8 Å². The fourth-order valence-corrected chi connectivity index (χ4v) is 2.68. The summed E-state index contributed by atoms with van der Waals surface area (Å²) in [5, 5.41) is 3.05. The lowest BCUT2D eigenvalue weighted by Crippen LogP contribution is -2.28. The predicted molar refractivity (Wildman–Crippen MR) is 75.5 cm³/mol. The average Bonchev–Trinajstić information content (AvgIpc) is 2.41. The average molecular weight is 304 g/mol. The summed E-state index contributed by atoms with van der Waals surface area (Å²) in [7, 11) is -3.83. The number of benzene rings is 1. The van der Waals surface area contributed by atoms with Crippen molar-refractivity contribution in [3.8, 4) is 0 Å². The number of sulfonamides is 1. The lowest BCUT2D eigenvalue weighted by molar-refractivity contribution is 0.153. The molecule has 0 saturated carbocycles. The number of nitrogens with one attached hydrogen (secondary N) is 2. The largest absolute Gasteiger partial charge is 0.380 e. The minimum atomic E-state index is -3.83. The maximum atomic E-state index is 13.9. The molecular formula is C13H21FN2O3S. The van der Waals surface area contributed by atoms with Gasteiger partial charge in [0.25, 0.3) is 0 Å². The highest BCUT2D eigenvalue weighted by atomic mass is 32.2. The minimum Gasteiger partial charge on any atom is -0.380 e. The van der Waals surface area contributed by atoms with Crippen LogP contribution < -0.4 is 10.0 Å². The third-order valence-corrected chi connectivity index (χ3v) is 4.10. The van der Waals surface area contributed by atoms with Crippen molar-refractivity contribution >= 4 is 10.0 Å². The highest BCUT2D eigenvalue weighted by Crippen LogP contribution is 2.15. The number of rotatable bonds is 9. The second-order valence-corrected chi connectivity index (χ2v) is 5.88. The molecule has 0 aliphatic rings. The first-order valence-electron chi connectivity index (χ1n) is 6.57. The van der Waals surface area contributed by atoms with E-state index in [-0.39, 0.29) is 18.0 Å². The quantitative estimate of drug-likeness (QED) is 0.674. The zero-order chi connectivity index (χ0) is 15.0. The first-order chi connectivity index (χ1) is 9.51. The lowest BCUT2D eigenvalue weighted by atomic mass is 10.2. The molecule has 0 bridgehead atoms. The summed E-state index contributed by atoms with van der Waals surface area (Å²) in [6.07, 6.45) is 0. The topological polar surface area (TPSA) is 67.4 Å². The maximum Gasteiger partial charge on any atom is 0.243 e. The Kier molecular flexibility index (Phi) is 7.08. The van der Waals surface area contributed by atoms with Crippen LogP contribution in [0.3, 0.4) is 0 Å². The molecule has 2 N–H and O–H groups in total. The van der Waals surface area contributed by atoms with E-state index in [1.165, 1.54) is 12.1 Å². The summed E-state index contributed by atoms with van der Waals surface area (Å²) in [5.74, 6) is -0.746. The summed E-state index contributed by atoms with van der Waals surface area (Å²) in [6.45, 7) is 5.92. The molecule has 0 saturated heterocycles. The van der Waals surface area contributed by atoms with Gasteiger partial charge in [-0.05, 0) is 31.2 Å². The second kappa shape index (κ2) is 8.31. The predicted octanol–water partition coefficient (Wildman–Crippen LogP) is 1.25. The standard InChI is InChI=1S/C13H21FN2O3S/c1-3-15-10-11-5-6-13(12(14)9-11)20(17,18)16-7-8-19-4-2/h5-6,9,15-16H,3-4,7-8,10H2,1-2H3. The smallest absolute Gasteiger partial charge is 0.243 e. The van der Waals surface area contributed by atoms with Gasteiger partial charge in [0, 0.05) is 19.7 Å². The molecule has 0 aliphatic carbocycles. The SMILES string of the molecule is CCNCc1ccc(S(=O)(=O)NCCOCC)c(F)c1. The summed E-state index contributed by atoms with van der Waals surface area (Å²) in [4.78, 5) is -0.339. The monoisotopic (exact) mass is 304 g/mol. The molecule has 5 nitrogen and oxygen atoms in total. The van der Waals surface area contributed by atoms with Crippen molar-refractivity contribution in [2.75, 3.05) is 26.3 Å². The van der Waals surface area contributed by atoms with Gasteiger partial charge in [-0.2, -0.15) is 0 Å². The molecule has 0 aliphatic heterocycles. The van der Waals surface area contributed by atoms with Gasteiger partial charge in [-0.15, -0.1) is 0 Å². The van der Waals surface area contributed by atoms with Crippen LogP contribution in [0.5, 0.6) is 0 Å². The fraction of sp³-hybridized carbons (Fsp3) is 0.538.